The van der Waals surface area contributed by atoms with Crippen molar-refractivity contribution >= 4 is 0 Å². The van der Waals surface area contributed by atoms with Crippen LogP contribution in [0.15, 0.2) is 0 Å². The Balaban J connectivity index is 0.000000250. The SMILES string of the molecule is NC1CC(NCC(O)CO)CC(OC2CCC(CO)O2)C1.NC[C@@H]1O[C@H](O)[C@H](N)C(O)[C@@H]1O.OCCNCC1CCCCO1. The lowest BCUT2D eigenvalue weighted by Gasteiger charge is -2.38. The van der Waals surface area contributed by atoms with Crippen LogP contribution >= 0.6 is 0 Å². The molecule has 3 heterocycles. The third-order valence-corrected chi connectivity index (χ3v) is 8.11. The Hall–Kier alpha value is -0.640. The zero-order valence-electron chi connectivity index (χ0n) is 25.7. The second-order valence-electron chi connectivity index (χ2n) is 11.9. The van der Waals surface area contributed by atoms with Gasteiger partial charge in [-0.1, -0.05) is 0 Å². The number of nitrogens with two attached hydrogens (primary N) is 3. The van der Waals surface area contributed by atoms with Gasteiger partial charge in [-0.3, -0.25) is 0 Å². The number of aliphatic hydroxyl groups is 7. The fourth-order valence-corrected chi connectivity index (χ4v) is 5.55. The van der Waals surface area contributed by atoms with E-state index in [2.05, 4.69) is 10.6 Å². The Morgan fingerprint density at radius 2 is 1.68 bits per heavy atom. The Morgan fingerprint density at radius 3 is 2.30 bits per heavy atom. The highest BCUT2D eigenvalue weighted by atomic mass is 16.7. The van der Waals surface area contributed by atoms with Gasteiger partial charge in [0.2, 0.25) is 0 Å². The molecule has 262 valence electrons. The molecule has 0 aromatic heterocycles. The van der Waals surface area contributed by atoms with Crippen LogP contribution in [0, 0.1) is 0 Å². The van der Waals surface area contributed by atoms with Gasteiger partial charge >= 0.3 is 0 Å². The average Bonchev–Trinajstić information content (AvgIpc) is 3.49. The normalized spacial score (nSPS) is 38.2. The number of hydrogen-bond acceptors (Lipinski definition) is 16. The molecule has 44 heavy (non-hydrogen) atoms. The van der Waals surface area contributed by atoms with Gasteiger partial charge in [-0.25, -0.2) is 0 Å². The molecule has 0 radical (unpaired) electrons. The minimum Gasteiger partial charge on any atom is -0.395 e. The van der Waals surface area contributed by atoms with E-state index in [0.29, 0.717) is 19.2 Å². The first-order valence-corrected chi connectivity index (χ1v) is 15.9. The van der Waals surface area contributed by atoms with E-state index in [9.17, 15) is 15.3 Å². The number of nitrogens with one attached hydrogen (secondary N) is 2. The molecule has 0 amide bonds. The molecule has 3 aliphatic heterocycles. The molecule has 12 atom stereocenters. The second-order valence-corrected chi connectivity index (χ2v) is 11.9. The van der Waals surface area contributed by atoms with E-state index in [-0.39, 0.29) is 56.9 Å². The summed E-state index contributed by atoms with van der Waals surface area (Å²) in [5, 5.41) is 69.8. The van der Waals surface area contributed by atoms with Crippen molar-refractivity contribution in [3.05, 3.63) is 0 Å². The lowest BCUT2D eigenvalue weighted by atomic mass is 9.89. The molecule has 3 saturated heterocycles. The minimum atomic E-state index is -1.27. The van der Waals surface area contributed by atoms with Crippen LogP contribution in [-0.4, -0.2) is 162 Å². The smallest absolute Gasteiger partial charge is 0.172 e. The highest BCUT2D eigenvalue weighted by Gasteiger charge is 2.41. The van der Waals surface area contributed by atoms with Crippen LogP contribution in [0.1, 0.15) is 51.4 Å². The maximum Gasteiger partial charge on any atom is 0.172 e. The third-order valence-electron chi connectivity index (χ3n) is 8.11. The van der Waals surface area contributed by atoms with E-state index in [4.69, 9.17) is 56.6 Å². The fourth-order valence-electron chi connectivity index (χ4n) is 5.55. The predicted octanol–water partition coefficient (Wildman–Crippen LogP) is -4.46. The summed E-state index contributed by atoms with van der Waals surface area (Å²) in [5.41, 5.74) is 16.6. The minimum absolute atomic E-state index is 0.0277. The highest BCUT2D eigenvalue weighted by Crippen LogP contribution is 2.27. The first-order chi connectivity index (χ1) is 21.1. The Morgan fingerprint density at radius 1 is 0.909 bits per heavy atom. The fraction of sp³-hybridized carbons (Fsp3) is 1.00. The second kappa shape index (κ2) is 22.0. The largest absolute Gasteiger partial charge is 0.395 e. The van der Waals surface area contributed by atoms with E-state index in [1.165, 1.54) is 19.3 Å². The standard InChI is InChI=1S/C14H28N2O5.C8H17NO2.C6H14N2O4/c15-9-3-10(16-6-11(19)7-17)5-13(4-9)21-14-2-1-12(8-18)20-14;10-5-4-9-7-8-3-1-2-6-11-8;7-1-2-4(9)5(10)3(8)6(11)12-2/h9-14,16-19H,1-8,15H2;8-10H,1-7H2;2-6,9-11H,1,7-8H2/t;;2-,3+,4+,5?,6-/m..0/s1. The maximum absolute atomic E-state index is 9.39. The van der Waals surface area contributed by atoms with E-state index >= 15 is 0 Å². The van der Waals surface area contributed by atoms with Gasteiger partial charge in [0.25, 0.3) is 0 Å². The number of ether oxygens (including phenoxy) is 4. The lowest BCUT2D eigenvalue weighted by molar-refractivity contribution is -0.238. The molecule has 0 aromatic carbocycles. The Kier molecular flexibility index (Phi) is 19.8. The van der Waals surface area contributed by atoms with Gasteiger partial charge in [0.05, 0.1) is 50.3 Å². The van der Waals surface area contributed by atoms with Crippen molar-refractivity contribution in [2.45, 2.75) is 125 Å². The summed E-state index contributed by atoms with van der Waals surface area (Å²) in [6.45, 7) is 2.87. The van der Waals surface area contributed by atoms with Crippen molar-refractivity contribution in [3.8, 4) is 0 Å². The summed E-state index contributed by atoms with van der Waals surface area (Å²) in [5.74, 6) is 0. The van der Waals surface area contributed by atoms with E-state index < -0.39 is 36.7 Å². The molecule has 1 aliphatic carbocycles. The summed E-state index contributed by atoms with van der Waals surface area (Å²) < 4.78 is 21.9. The summed E-state index contributed by atoms with van der Waals surface area (Å²) >= 11 is 0. The number of hydrogen-bond donors (Lipinski definition) is 12. The van der Waals surface area contributed by atoms with Gasteiger partial charge in [-0.2, -0.15) is 0 Å². The summed E-state index contributed by atoms with van der Waals surface area (Å²) in [6.07, 6.45) is 2.69. The van der Waals surface area contributed by atoms with Gasteiger partial charge in [0, 0.05) is 51.3 Å². The molecule has 16 heteroatoms. The van der Waals surface area contributed by atoms with Gasteiger partial charge in [0.1, 0.15) is 18.3 Å². The molecule has 16 nitrogen and oxygen atoms in total. The number of aliphatic hydroxyl groups excluding tert-OH is 7. The molecule has 1 saturated carbocycles. The average molecular weight is 642 g/mol. The molecular weight excluding hydrogens is 582 g/mol. The monoisotopic (exact) mass is 641 g/mol. The van der Waals surface area contributed by atoms with E-state index in [0.717, 1.165) is 45.3 Å². The summed E-state index contributed by atoms with van der Waals surface area (Å²) in [6, 6.07) is -0.750. The van der Waals surface area contributed by atoms with Crippen LogP contribution in [0.4, 0.5) is 0 Å². The zero-order chi connectivity index (χ0) is 32.5. The van der Waals surface area contributed by atoms with Crippen molar-refractivity contribution in [1.29, 1.82) is 0 Å². The lowest BCUT2D eigenvalue weighted by Crippen LogP contribution is -2.62. The van der Waals surface area contributed by atoms with Crippen LogP contribution in [0.25, 0.3) is 0 Å². The topological polar surface area (TPSA) is 281 Å². The molecule has 15 N–H and O–H groups in total. The highest BCUT2D eigenvalue weighted by molar-refractivity contribution is 4.91. The zero-order valence-corrected chi connectivity index (χ0v) is 25.7. The maximum atomic E-state index is 9.39. The van der Waals surface area contributed by atoms with Crippen LogP contribution < -0.4 is 27.8 Å². The summed E-state index contributed by atoms with van der Waals surface area (Å²) in [4.78, 5) is 0. The Bertz CT molecular complexity index is 725. The van der Waals surface area contributed by atoms with Crippen molar-refractivity contribution < 1.29 is 54.7 Å². The summed E-state index contributed by atoms with van der Waals surface area (Å²) in [7, 11) is 0. The molecule has 4 aliphatic rings. The molecule has 4 fully saturated rings. The van der Waals surface area contributed by atoms with Crippen LogP contribution in [0.5, 0.6) is 0 Å². The molecule has 0 aromatic rings. The molecule has 4 rings (SSSR count). The molecular formula is C28H59N5O11. The van der Waals surface area contributed by atoms with E-state index in [1.54, 1.807) is 0 Å². The van der Waals surface area contributed by atoms with Crippen molar-refractivity contribution in [3.63, 3.8) is 0 Å². The first kappa shape index (κ1) is 39.5. The van der Waals surface area contributed by atoms with Crippen molar-refractivity contribution in [2.24, 2.45) is 17.2 Å². The molecule has 0 spiro atoms. The van der Waals surface area contributed by atoms with Crippen LogP contribution in [0.2, 0.25) is 0 Å². The first-order valence-electron chi connectivity index (χ1n) is 15.9. The van der Waals surface area contributed by atoms with Gasteiger partial charge in [-0.05, 0) is 44.9 Å². The van der Waals surface area contributed by atoms with Gasteiger partial charge in [-0.15, -0.1) is 0 Å². The van der Waals surface area contributed by atoms with Gasteiger partial charge < -0.3 is 82.5 Å². The van der Waals surface area contributed by atoms with Crippen molar-refractivity contribution in [2.75, 3.05) is 52.6 Å². The molecule has 8 unspecified atom stereocenters. The number of rotatable bonds is 12. The van der Waals surface area contributed by atoms with Crippen LogP contribution in [0.3, 0.4) is 0 Å². The van der Waals surface area contributed by atoms with Crippen molar-refractivity contribution in [1.82, 2.24) is 10.6 Å². The van der Waals surface area contributed by atoms with Gasteiger partial charge in [0.15, 0.2) is 12.6 Å². The van der Waals surface area contributed by atoms with Crippen LogP contribution in [-0.2, 0) is 18.9 Å². The Labute approximate surface area is 260 Å². The molecule has 0 bridgehead atoms. The quantitative estimate of drug-likeness (QED) is 0.0895. The third kappa shape index (κ3) is 14.4. The predicted molar refractivity (Wildman–Crippen MR) is 160 cm³/mol. The van der Waals surface area contributed by atoms with E-state index in [1.807, 2.05) is 0 Å².